The average Bonchev–Trinajstić information content (AvgIpc) is 3.65. The van der Waals surface area contributed by atoms with Crippen LogP contribution in [0.1, 0.15) is 25.0 Å². The van der Waals surface area contributed by atoms with Crippen molar-refractivity contribution in [3.63, 3.8) is 0 Å². The number of benzene rings is 8. The summed E-state index contributed by atoms with van der Waals surface area (Å²) in [5.74, 6) is 0. The number of para-hydroxylation sites is 3. The van der Waals surface area contributed by atoms with E-state index < -0.39 is 0 Å². The van der Waals surface area contributed by atoms with Crippen molar-refractivity contribution < 1.29 is 4.42 Å². The number of anilines is 3. The van der Waals surface area contributed by atoms with Crippen molar-refractivity contribution in [2.24, 2.45) is 0 Å². The summed E-state index contributed by atoms with van der Waals surface area (Å²) in [4.78, 5) is 2.45. The lowest BCUT2D eigenvalue weighted by Gasteiger charge is -2.31. The highest BCUT2D eigenvalue weighted by Gasteiger charge is 2.39. The molecule has 8 aromatic carbocycles. The van der Waals surface area contributed by atoms with Gasteiger partial charge in [-0.3, -0.25) is 0 Å². The van der Waals surface area contributed by atoms with Crippen molar-refractivity contribution >= 4 is 60.5 Å². The van der Waals surface area contributed by atoms with E-state index in [9.17, 15) is 0 Å². The highest BCUT2D eigenvalue weighted by molar-refractivity contribution is 6.15. The third-order valence-electron chi connectivity index (χ3n) is 10.6. The third-order valence-corrected chi connectivity index (χ3v) is 10.6. The summed E-state index contributed by atoms with van der Waals surface area (Å²) in [6, 6.07) is 59.2. The largest absolute Gasteiger partial charge is 0.454 e. The summed E-state index contributed by atoms with van der Waals surface area (Å²) in [6.45, 7) is 4.79. The maximum atomic E-state index is 6.76. The quantitative estimate of drug-likeness (QED) is 0.193. The Bertz CT molecular complexity index is 2750. The van der Waals surface area contributed by atoms with Gasteiger partial charge in [-0.05, 0) is 68.2 Å². The zero-order chi connectivity index (χ0) is 32.7. The molecule has 1 heterocycles. The minimum atomic E-state index is -0.222. The average molecular weight is 628 g/mol. The Morgan fingerprint density at radius 3 is 1.98 bits per heavy atom. The SMILES string of the molecule is CC1(C)c2cc(N(c3ccccc3-c3ccccc3)c3cccc4c3oc3ccccc34)c3ccccc3c2-c2ccc3ccccc3c21. The second-order valence-electron chi connectivity index (χ2n) is 13.7. The van der Waals surface area contributed by atoms with E-state index in [0.29, 0.717) is 0 Å². The van der Waals surface area contributed by atoms with Gasteiger partial charge in [-0.1, -0.05) is 153 Å². The maximum absolute atomic E-state index is 6.76. The Labute approximate surface area is 285 Å². The predicted molar refractivity (Wildman–Crippen MR) is 206 cm³/mol. The van der Waals surface area contributed by atoms with Crippen LogP contribution in [0.3, 0.4) is 0 Å². The molecule has 0 unspecified atom stereocenters. The first-order chi connectivity index (χ1) is 24.1. The molecule has 0 atom stereocenters. The minimum absolute atomic E-state index is 0.222. The van der Waals surface area contributed by atoms with E-state index in [-0.39, 0.29) is 5.41 Å². The fraction of sp³-hybridized carbons (Fsp3) is 0.0638. The molecule has 49 heavy (non-hydrogen) atoms. The molecule has 0 saturated heterocycles. The highest BCUT2D eigenvalue weighted by Crippen LogP contribution is 2.57. The van der Waals surface area contributed by atoms with Gasteiger partial charge in [-0.15, -0.1) is 0 Å². The van der Waals surface area contributed by atoms with E-state index in [1.54, 1.807) is 0 Å². The number of rotatable bonds is 4. The highest BCUT2D eigenvalue weighted by atomic mass is 16.3. The van der Waals surface area contributed by atoms with E-state index in [1.165, 1.54) is 49.4 Å². The monoisotopic (exact) mass is 627 g/mol. The van der Waals surface area contributed by atoms with Gasteiger partial charge in [0.15, 0.2) is 5.58 Å². The Morgan fingerprint density at radius 1 is 0.469 bits per heavy atom. The number of nitrogens with zero attached hydrogens (tertiary/aromatic N) is 1. The van der Waals surface area contributed by atoms with E-state index in [0.717, 1.165) is 44.6 Å². The number of furan rings is 1. The van der Waals surface area contributed by atoms with Gasteiger partial charge in [0.2, 0.25) is 0 Å². The van der Waals surface area contributed by atoms with Crippen LogP contribution >= 0.6 is 0 Å². The molecule has 0 bridgehead atoms. The fourth-order valence-electron chi connectivity index (χ4n) is 8.44. The molecule has 1 aromatic heterocycles. The lowest BCUT2D eigenvalue weighted by atomic mass is 9.79. The van der Waals surface area contributed by atoms with Gasteiger partial charge in [0.25, 0.3) is 0 Å². The standard InChI is InChI=1S/C47H33NO/c1-47(2)39-29-42(34-20-8-9-22-36(34)44(39)38-28-27-31-17-6-7-19-33(31)45(38)47)48(40-24-12-10-18-32(40)30-15-4-3-5-16-30)41-25-14-23-37-35-21-11-13-26-43(35)49-46(37)41/h3-29H,1-2H3. The Hall–Kier alpha value is -6.12. The van der Waals surface area contributed by atoms with Gasteiger partial charge in [0.1, 0.15) is 5.58 Å². The van der Waals surface area contributed by atoms with Gasteiger partial charge < -0.3 is 9.32 Å². The van der Waals surface area contributed by atoms with E-state index in [2.05, 4.69) is 176 Å². The second-order valence-corrected chi connectivity index (χ2v) is 13.7. The lowest BCUT2D eigenvalue weighted by molar-refractivity contribution is 0.666. The number of hydrogen-bond acceptors (Lipinski definition) is 2. The Balaban J connectivity index is 1.34. The van der Waals surface area contributed by atoms with Crippen LogP contribution < -0.4 is 4.90 Å². The lowest BCUT2D eigenvalue weighted by Crippen LogP contribution is -2.17. The zero-order valence-electron chi connectivity index (χ0n) is 27.4. The van der Waals surface area contributed by atoms with Gasteiger partial charge in [-0.25, -0.2) is 0 Å². The van der Waals surface area contributed by atoms with Crippen LogP contribution in [0.25, 0.3) is 65.7 Å². The van der Waals surface area contributed by atoms with Crippen molar-refractivity contribution in [2.45, 2.75) is 19.3 Å². The van der Waals surface area contributed by atoms with Gasteiger partial charge in [0.05, 0.1) is 17.1 Å². The summed E-state index contributed by atoms with van der Waals surface area (Å²) < 4.78 is 6.76. The van der Waals surface area contributed by atoms with Crippen molar-refractivity contribution in [3.05, 3.63) is 175 Å². The normalized spacial score (nSPS) is 13.3. The van der Waals surface area contributed by atoms with Crippen LogP contribution in [-0.2, 0) is 5.41 Å². The number of fused-ring (bicyclic) bond motifs is 10. The molecule has 1 aliphatic rings. The van der Waals surface area contributed by atoms with Gasteiger partial charge >= 0.3 is 0 Å². The smallest absolute Gasteiger partial charge is 0.159 e. The molecule has 1 aliphatic carbocycles. The molecule has 0 fully saturated rings. The summed E-state index contributed by atoms with van der Waals surface area (Å²) in [7, 11) is 0. The maximum Gasteiger partial charge on any atom is 0.159 e. The van der Waals surface area contributed by atoms with Crippen LogP contribution in [0.5, 0.6) is 0 Å². The molecule has 0 radical (unpaired) electrons. The van der Waals surface area contributed by atoms with Crippen molar-refractivity contribution in [1.82, 2.24) is 0 Å². The molecule has 0 N–H and O–H groups in total. The first kappa shape index (κ1) is 27.9. The van der Waals surface area contributed by atoms with E-state index >= 15 is 0 Å². The van der Waals surface area contributed by atoms with Gasteiger partial charge in [-0.2, -0.15) is 0 Å². The molecule has 0 aliphatic heterocycles. The second kappa shape index (κ2) is 10.4. The molecule has 2 heteroatoms. The molecule has 0 saturated carbocycles. The minimum Gasteiger partial charge on any atom is -0.454 e. The molecular formula is C47H33NO. The molecular weight excluding hydrogens is 595 g/mol. The van der Waals surface area contributed by atoms with Crippen LogP contribution in [0.2, 0.25) is 0 Å². The first-order valence-corrected chi connectivity index (χ1v) is 17.0. The van der Waals surface area contributed by atoms with Crippen molar-refractivity contribution in [2.75, 3.05) is 4.90 Å². The van der Waals surface area contributed by atoms with Crippen LogP contribution in [0.15, 0.2) is 168 Å². The van der Waals surface area contributed by atoms with Crippen molar-refractivity contribution in [3.8, 4) is 22.3 Å². The fourth-order valence-corrected chi connectivity index (χ4v) is 8.44. The van der Waals surface area contributed by atoms with Crippen LogP contribution in [-0.4, -0.2) is 0 Å². The zero-order valence-corrected chi connectivity index (χ0v) is 27.4. The summed E-state index contributed by atoms with van der Waals surface area (Å²) >= 11 is 0. The molecule has 0 spiro atoms. The topological polar surface area (TPSA) is 16.4 Å². The summed E-state index contributed by atoms with van der Waals surface area (Å²) in [5, 5.41) is 7.30. The molecule has 2 nitrogen and oxygen atoms in total. The van der Waals surface area contributed by atoms with Crippen LogP contribution in [0.4, 0.5) is 17.1 Å². The van der Waals surface area contributed by atoms with E-state index in [1.807, 2.05) is 6.07 Å². The van der Waals surface area contributed by atoms with E-state index in [4.69, 9.17) is 4.42 Å². The third kappa shape index (κ3) is 4.01. The molecule has 9 aromatic rings. The molecule has 232 valence electrons. The van der Waals surface area contributed by atoms with Crippen LogP contribution in [0, 0.1) is 0 Å². The molecule has 10 rings (SSSR count). The van der Waals surface area contributed by atoms with Gasteiger partial charge in [0, 0.05) is 27.1 Å². The van der Waals surface area contributed by atoms with Crippen molar-refractivity contribution in [1.29, 1.82) is 0 Å². The summed E-state index contributed by atoms with van der Waals surface area (Å²) in [5.41, 5.74) is 12.5. The predicted octanol–water partition coefficient (Wildman–Crippen LogP) is 13.3. The number of hydrogen-bond donors (Lipinski definition) is 0. The Morgan fingerprint density at radius 2 is 1.12 bits per heavy atom. The summed E-state index contributed by atoms with van der Waals surface area (Å²) in [6.07, 6.45) is 0. The Kier molecular flexibility index (Phi) is 5.95. The first-order valence-electron chi connectivity index (χ1n) is 17.0. The molecule has 0 amide bonds.